The lowest BCUT2D eigenvalue weighted by molar-refractivity contribution is -0.125. The van der Waals surface area contributed by atoms with Gasteiger partial charge < -0.3 is 14.4 Å². The predicted octanol–water partition coefficient (Wildman–Crippen LogP) is 2.20. The maximum atomic E-state index is 5.68. The van der Waals surface area contributed by atoms with Crippen molar-refractivity contribution >= 4 is 17.4 Å². The lowest BCUT2D eigenvalue weighted by Crippen LogP contribution is -2.65. The maximum Gasteiger partial charge on any atom is 0.259 e. The highest BCUT2D eigenvalue weighted by Gasteiger charge is 2.53. The van der Waals surface area contributed by atoms with Gasteiger partial charge in [0, 0.05) is 25.6 Å². The van der Waals surface area contributed by atoms with Gasteiger partial charge >= 0.3 is 0 Å². The van der Waals surface area contributed by atoms with Crippen molar-refractivity contribution in [1.29, 1.82) is 0 Å². The van der Waals surface area contributed by atoms with E-state index in [1.807, 2.05) is 20.8 Å². The number of ether oxygens (including phenoxy) is 2. The molecule has 4 heteroatoms. The van der Waals surface area contributed by atoms with Crippen LogP contribution in [0.3, 0.4) is 0 Å². The van der Waals surface area contributed by atoms with Gasteiger partial charge in [0.25, 0.3) is 5.17 Å². The molecule has 1 heterocycles. The summed E-state index contributed by atoms with van der Waals surface area (Å²) in [5.41, 5.74) is 0.292. The molecule has 0 bridgehead atoms. The summed E-state index contributed by atoms with van der Waals surface area (Å²) in [5, 5.41) is 0.652. The zero-order valence-corrected chi connectivity index (χ0v) is 11.4. The van der Waals surface area contributed by atoms with Gasteiger partial charge in [0.2, 0.25) is 0 Å². The Labute approximate surface area is 103 Å². The van der Waals surface area contributed by atoms with E-state index in [1.165, 1.54) is 12.8 Å². The SMILES string of the molecule is COC1CC2(C1)CN(C(=S)OC(C)(C)C)C2. The average Bonchev–Trinajstić information content (AvgIpc) is 1.95. The molecule has 1 aliphatic heterocycles. The Kier molecular flexibility index (Phi) is 2.91. The Bertz CT molecular complexity index is 284. The van der Waals surface area contributed by atoms with E-state index in [4.69, 9.17) is 21.7 Å². The molecule has 0 aromatic carbocycles. The van der Waals surface area contributed by atoms with Gasteiger partial charge in [0.05, 0.1) is 6.10 Å². The first kappa shape index (κ1) is 12.1. The van der Waals surface area contributed by atoms with E-state index in [-0.39, 0.29) is 5.60 Å². The van der Waals surface area contributed by atoms with Crippen molar-refractivity contribution in [3.05, 3.63) is 0 Å². The highest BCUT2D eigenvalue weighted by Crippen LogP contribution is 2.49. The van der Waals surface area contributed by atoms with Crippen molar-refractivity contribution in [3.63, 3.8) is 0 Å². The van der Waals surface area contributed by atoms with Gasteiger partial charge in [-0.1, -0.05) is 0 Å². The molecule has 0 radical (unpaired) electrons. The molecule has 0 aromatic heterocycles. The predicted molar refractivity (Wildman–Crippen MR) is 67.5 cm³/mol. The van der Waals surface area contributed by atoms with Gasteiger partial charge in [-0.05, 0) is 45.8 Å². The Hall–Kier alpha value is -0.350. The van der Waals surface area contributed by atoms with Crippen LogP contribution in [0.4, 0.5) is 0 Å². The molecular weight excluding hydrogens is 222 g/mol. The summed E-state index contributed by atoms with van der Waals surface area (Å²) in [5.74, 6) is 0. The second kappa shape index (κ2) is 3.84. The summed E-state index contributed by atoms with van der Waals surface area (Å²) in [6.45, 7) is 8.17. The van der Waals surface area contributed by atoms with Crippen LogP contribution in [0.25, 0.3) is 0 Å². The lowest BCUT2D eigenvalue weighted by atomic mass is 9.62. The highest BCUT2D eigenvalue weighted by molar-refractivity contribution is 7.80. The third kappa shape index (κ3) is 2.33. The van der Waals surface area contributed by atoms with E-state index in [1.54, 1.807) is 7.11 Å². The first-order valence-electron chi connectivity index (χ1n) is 5.84. The van der Waals surface area contributed by atoms with Gasteiger partial charge in [0.15, 0.2) is 0 Å². The molecule has 1 spiro atoms. The van der Waals surface area contributed by atoms with Crippen molar-refractivity contribution in [2.24, 2.45) is 5.41 Å². The Balaban J connectivity index is 1.75. The van der Waals surface area contributed by atoms with E-state index < -0.39 is 0 Å². The zero-order chi connectivity index (χ0) is 12.0. The van der Waals surface area contributed by atoms with Gasteiger partial charge in [-0.15, -0.1) is 0 Å². The van der Waals surface area contributed by atoms with Crippen LogP contribution in [-0.2, 0) is 9.47 Å². The fourth-order valence-electron chi connectivity index (χ4n) is 2.55. The molecule has 1 saturated heterocycles. The molecule has 16 heavy (non-hydrogen) atoms. The number of rotatable bonds is 1. The minimum Gasteiger partial charge on any atom is -0.465 e. The van der Waals surface area contributed by atoms with Crippen molar-refractivity contribution in [2.45, 2.75) is 45.3 Å². The number of thiocarbonyl (C=S) groups is 1. The molecule has 0 unspecified atom stereocenters. The molecular formula is C12H21NO2S. The van der Waals surface area contributed by atoms with Gasteiger partial charge in [-0.2, -0.15) is 0 Å². The smallest absolute Gasteiger partial charge is 0.259 e. The number of methoxy groups -OCH3 is 1. The molecule has 1 aliphatic carbocycles. The van der Waals surface area contributed by atoms with E-state index in [0.717, 1.165) is 13.1 Å². The van der Waals surface area contributed by atoms with E-state index in [9.17, 15) is 0 Å². The third-order valence-corrected chi connectivity index (χ3v) is 3.70. The number of hydrogen-bond acceptors (Lipinski definition) is 3. The van der Waals surface area contributed by atoms with Crippen molar-refractivity contribution < 1.29 is 9.47 Å². The second-order valence-electron chi connectivity index (χ2n) is 6.10. The van der Waals surface area contributed by atoms with Gasteiger partial charge in [-0.3, -0.25) is 0 Å². The quantitative estimate of drug-likeness (QED) is 0.658. The van der Waals surface area contributed by atoms with Crippen LogP contribution in [0.2, 0.25) is 0 Å². The van der Waals surface area contributed by atoms with Crippen LogP contribution in [0.15, 0.2) is 0 Å². The monoisotopic (exact) mass is 243 g/mol. The van der Waals surface area contributed by atoms with Crippen molar-refractivity contribution in [3.8, 4) is 0 Å². The highest BCUT2D eigenvalue weighted by atomic mass is 32.1. The van der Waals surface area contributed by atoms with E-state index >= 15 is 0 Å². The first-order chi connectivity index (χ1) is 7.34. The molecule has 2 rings (SSSR count). The molecule has 1 saturated carbocycles. The van der Waals surface area contributed by atoms with E-state index in [0.29, 0.717) is 16.7 Å². The summed E-state index contributed by atoms with van der Waals surface area (Å²) in [6, 6.07) is 0. The Morgan fingerprint density at radius 1 is 1.31 bits per heavy atom. The van der Waals surface area contributed by atoms with Gasteiger partial charge in [-0.25, -0.2) is 0 Å². The average molecular weight is 243 g/mol. The van der Waals surface area contributed by atoms with Crippen molar-refractivity contribution in [2.75, 3.05) is 20.2 Å². The Morgan fingerprint density at radius 2 is 1.88 bits per heavy atom. The van der Waals surface area contributed by atoms with Crippen LogP contribution >= 0.6 is 12.2 Å². The summed E-state index contributed by atoms with van der Waals surface area (Å²) in [4.78, 5) is 2.16. The fourth-order valence-corrected chi connectivity index (χ4v) is 2.93. The summed E-state index contributed by atoms with van der Waals surface area (Å²) < 4.78 is 11.0. The largest absolute Gasteiger partial charge is 0.465 e. The summed E-state index contributed by atoms with van der Waals surface area (Å²) >= 11 is 5.28. The lowest BCUT2D eigenvalue weighted by Gasteiger charge is -2.59. The maximum absolute atomic E-state index is 5.68. The summed E-state index contributed by atoms with van der Waals surface area (Å²) in [7, 11) is 1.79. The molecule has 2 aliphatic rings. The number of likely N-dealkylation sites (tertiary alicyclic amines) is 1. The van der Waals surface area contributed by atoms with Gasteiger partial charge in [0.1, 0.15) is 5.60 Å². The fraction of sp³-hybridized carbons (Fsp3) is 0.917. The van der Waals surface area contributed by atoms with Crippen LogP contribution in [0, 0.1) is 5.41 Å². The van der Waals surface area contributed by atoms with Crippen molar-refractivity contribution in [1.82, 2.24) is 4.90 Å². The standard InChI is InChI=1S/C12H21NO2S/c1-11(2,3)15-10(16)13-7-12(8-13)5-9(6-12)14-4/h9H,5-8H2,1-4H3. The van der Waals surface area contributed by atoms with E-state index in [2.05, 4.69) is 4.90 Å². The van der Waals surface area contributed by atoms with Crippen LogP contribution in [0.1, 0.15) is 33.6 Å². The molecule has 0 atom stereocenters. The molecule has 2 fully saturated rings. The van der Waals surface area contributed by atoms with Crippen LogP contribution in [-0.4, -0.2) is 42.0 Å². The van der Waals surface area contributed by atoms with Crippen LogP contribution in [0.5, 0.6) is 0 Å². The molecule has 3 nitrogen and oxygen atoms in total. The third-order valence-electron chi connectivity index (χ3n) is 3.36. The minimum absolute atomic E-state index is 0.186. The first-order valence-corrected chi connectivity index (χ1v) is 6.25. The number of nitrogens with zero attached hydrogens (tertiary/aromatic N) is 1. The molecule has 0 N–H and O–H groups in total. The second-order valence-corrected chi connectivity index (χ2v) is 6.45. The molecule has 0 amide bonds. The number of hydrogen-bond donors (Lipinski definition) is 0. The molecule has 0 aromatic rings. The molecule has 92 valence electrons. The minimum atomic E-state index is -0.186. The zero-order valence-electron chi connectivity index (χ0n) is 10.6. The summed E-state index contributed by atoms with van der Waals surface area (Å²) in [6.07, 6.45) is 2.83. The van der Waals surface area contributed by atoms with Crippen LogP contribution < -0.4 is 0 Å². The normalized spacial score (nSPS) is 23.9. The topological polar surface area (TPSA) is 21.7 Å². The Morgan fingerprint density at radius 3 is 2.31 bits per heavy atom.